The third-order valence-electron chi connectivity index (χ3n) is 6.02. The summed E-state index contributed by atoms with van der Waals surface area (Å²) in [6.07, 6.45) is 0. The lowest BCUT2D eigenvalue weighted by molar-refractivity contribution is 0.0405. The van der Waals surface area contributed by atoms with Crippen LogP contribution in [0.25, 0.3) is 15.9 Å². The molecule has 0 unspecified atom stereocenters. The van der Waals surface area contributed by atoms with Gasteiger partial charge in [0.2, 0.25) is 0 Å². The first kappa shape index (κ1) is 22.2. The summed E-state index contributed by atoms with van der Waals surface area (Å²) >= 11 is 1.18. The van der Waals surface area contributed by atoms with E-state index in [1.165, 1.54) is 23.5 Å². The molecule has 0 atom stereocenters. The number of pyridine rings is 1. The van der Waals surface area contributed by atoms with Gasteiger partial charge in [0.1, 0.15) is 21.3 Å². The Balaban J connectivity index is 1.67. The number of likely N-dealkylation sites (N-methyl/N-ethyl adjacent to an activating group) is 1. The average Bonchev–Trinajstić information content (AvgIpc) is 3.13. The summed E-state index contributed by atoms with van der Waals surface area (Å²) in [7, 11) is 3.93. The number of rotatable bonds is 5. The van der Waals surface area contributed by atoms with Crippen molar-refractivity contribution in [1.82, 2.24) is 14.4 Å². The first-order valence-corrected chi connectivity index (χ1v) is 11.6. The molecule has 2 aromatic carbocycles. The second-order valence-corrected chi connectivity index (χ2v) is 9.44. The lowest BCUT2D eigenvalue weighted by Gasteiger charge is -2.42. The fraction of sp³-hybridized carbons (Fsp3) is 0.200. The number of thiophene rings is 1. The summed E-state index contributed by atoms with van der Waals surface area (Å²) in [5.41, 5.74) is 0.862. The molecule has 2 aromatic heterocycles. The molecule has 0 saturated carbocycles. The molecule has 1 N–H and O–H groups in total. The first-order valence-electron chi connectivity index (χ1n) is 10.7. The standard InChI is InChI=1S/C25H22F2N4O2S/c1-29(2)17-13-30(14-17)24(33)23-22(28-20-10-8-15(26)12-19(20)27)18-9-11-21(32)31(25(18)34-23)16-6-4-3-5-7-16/h3-12,17,28H,13-14H2,1-2H3. The number of aromatic nitrogens is 1. The van der Waals surface area contributed by atoms with Gasteiger partial charge in [-0.25, -0.2) is 8.78 Å². The van der Waals surface area contributed by atoms with Crippen LogP contribution in [0.15, 0.2) is 65.5 Å². The predicted octanol–water partition coefficient (Wildman–Crippen LogP) is 4.46. The SMILES string of the molecule is CN(C)C1CN(C(=O)c2sc3c(ccc(=O)n3-c3ccccc3)c2Nc2ccc(F)cc2F)C1. The Bertz CT molecular complexity index is 1440. The molecule has 9 heteroatoms. The topological polar surface area (TPSA) is 57.6 Å². The maximum Gasteiger partial charge on any atom is 0.266 e. The van der Waals surface area contributed by atoms with Crippen molar-refractivity contribution in [3.63, 3.8) is 0 Å². The van der Waals surface area contributed by atoms with Crippen LogP contribution in [0.3, 0.4) is 0 Å². The van der Waals surface area contributed by atoms with E-state index in [-0.39, 0.29) is 23.2 Å². The maximum absolute atomic E-state index is 14.5. The summed E-state index contributed by atoms with van der Waals surface area (Å²) < 4.78 is 29.5. The van der Waals surface area contributed by atoms with E-state index in [0.29, 0.717) is 39.6 Å². The van der Waals surface area contributed by atoms with Gasteiger partial charge in [-0.2, -0.15) is 0 Å². The number of carbonyl (C=O) groups is 1. The zero-order chi connectivity index (χ0) is 24.0. The molecular weight excluding hydrogens is 458 g/mol. The molecule has 5 rings (SSSR count). The molecule has 174 valence electrons. The molecule has 4 aromatic rings. The Labute approximate surface area is 198 Å². The van der Waals surface area contributed by atoms with Crippen molar-refractivity contribution in [2.24, 2.45) is 0 Å². The van der Waals surface area contributed by atoms with Gasteiger partial charge >= 0.3 is 0 Å². The van der Waals surface area contributed by atoms with Crippen molar-refractivity contribution < 1.29 is 13.6 Å². The van der Waals surface area contributed by atoms with Crippen LogP contribution in [-0.4, -0.2) is 53.5 Å². The summed E-state index contributed by atoms with van der Waals surface area (Å²) in [6.45, 7) is 1.16. The van der Waals surface area contributed by atoms with Gasteiger partial charge in [0, 0.05) is 36.7 Å². The van der Waals surface area contributed by atoms with Crippen LogP contribution in [0.2, 0.25) is 0 Å². The van der Waals surface area contributed by atoms with E-state index in [2.05, 4.69) is 10.2 Å². The molecule has 1 amide bonds. The number of hydrogen-bond acceptors (Lipinski definition) is 5. The monoisotopic (exact) mass is 480 g/mol. The number of anilines is 2. The largest absolute Gasteiger partial charge is 0.351 e. The Morgan fingerprint density at radius 3 is 2.47 bits per heavy atom. The molecule has 1 aliphatic rings. The van der Waals surface area contributed by atoms with Gasteiger partial charge in [0.05, 0.1) is 17.1 Å². The van der Waals surface area contributed by atoms with Crippen LogP contribution >= 0.6 is 11.3 Å². The number of hydrogen-bond donors (Lipinski definition) is 1. The molecule has 1 fully saturated rings. The lowest BCUT2D eigenvalue weighted by Crippen LogP contribution is -2.59. The van der Waals surface area contributed by atoms with Crippen LogP contribution in [0, 0.1) is 11.6 Å². The molecule has 3 heterocycles. The fourth-order valence-electron chi connectivity index (χ4n) is 3.99. The van der Waals surface area contributed by atoms with Gasteiger partial charge in [-0.05, 0) is 44.4 Å². The highest BCUT2D eigenvalue weighted by molar-refractivity contribution is 7.21. The number of para-hydroxylation sites is 1. The molecule has 0 aliphatic carbocycles. The van der Waals surface area contributed by atoms with E-state index >= 15 is 0 Å². The minimum absolute atomic E-state index is 0.0439. The smallest absolute Gasteiger partial charge is 0.266 e. The van der Waals surface area contributed by atoms with E-state index in [4.69, 9.17) is 0 Å². The minimum Gasteiger partial charge on any atom is -0.351 e. The van der Waals surface area contributed by atoms with E-state index in [1.807, 2.05) is 44.4 Å². The number of amides is 1. The molecular formula is C25H22F2N4O2S. The van der Waals surface area contributed by atoms with E-state index in [9.17, 15) is 18.4 Å². The summed E-state index contributed by atoms with van der Waals surface area (Å²) in [5, 5.41) is 3.60. The quantitative estimate of drug-likeness (QED) is 0.458. The van der Waals surface area contributed by atoms with Crippen molar-refractivity contribution in [2.75, 3.05) is 32.5 Å². The second kappa shape index (κ2) is 8.66. The highest BCUT2D eigenvalue weighted by Gasteiger charge is 2.35. The Morgan fingerprint density at radius 1 is 1.06 bits per heavy atom. The molecule has 0 bridgehead atoms. The molecule has 0 radical (unpaired) electrons. The van der Waals surface area contributed by atoms with Crippen molar-refractivity contribution in [2.45, 2.75) is 6.04 Å². The van der Waals surface area contributed by atoms with Crippen LogP contribution < -0.4 is 10.9 Å². The number of nitrogens with one attached hydrogen (secondary N) is 1. The maximum atomic E-state index is 14.5. The third kappa shape index (κ3) is 3.86. The number of carbonyl (C=O) groups excluding carboxylic acids is 1. The third-order valence-corrected chi connectivity index (χ3v) is 7.20. The number of halogens is 2. The average molecular weight is 481 g/mol. The lowest BCUT2D eigenvalue weighted by atomic mass is 10.1. The van der Waals surface area contributed by atoms with Gasteiger partial charge in [-0.3, -0.25) is 14.2 Å². The van der Waals surface area contributed by atoms with Gasteiger partial charge < -0.3 is 15.1 Å². The van der Waals surface area contributed by atoms with E-state index in [1.54, 1.807) is 15.5 Å². The number of fused-ring (bicyclic) bond motifs is 1. The molecule has 0 spiro atoms. The van der Waals surface area contributed by atoms with Crippen molar-refractivity contribution >= 4 is 38.8 Å². The molecule has 6 nitrogen and oxygen atoms in total. The highest BCUT2D eigenvalue weighted by atomic mass is 32.1. The van der Waals surface area contributed by atoms with Gasteiger partial charge in [-0.1, -0.05) is 18.2 Å². The Kier molecular flexibility index (Phi) is 5.66. The second-order valence-electron chi connectivity index (χ2n) is 8.44. The summed E-state index contributed by atoms with van der Waals surface area (Å²) in [4.78, 5) is 31.1. The van der Waals surface area contributed by atoms with Crippen LogP contribution in [0.4, 0.5) is 20.2 Å². The molecule has 34 heavy (non-hydrogen) atoms. The predicted molar refractivity (Wildman–Crippen MR) is 130 cm³/mol. The van der Waals surface area contributed by atoms with Crippen LogP contribution in [-0.2, 0) is 0 Å². The Morgan fingerprint density at radius 2 is 1.79 bits per heavy atom. The van der Waals surface area contributed by atoms with Crippen LogP contribution in [0.1, 0.15) is 9.67 Å². The van der Waals surface area contributed by atoms with Gasteiger partial charge in [-0.15, -0.1) is 11.3 Å². The molecule has 1 saturated heterocycles. The van der Waals surface area contributed by atoms with Gasteiger partial charge in [0.25, 0.3) is 11.5 Å². The van der Waals surface area contributed by atoms with Crippen molar-refractivity contribution in [3.05, 3.63) is 87.5 Å². The highest BCUT2D eigenvalue weighted by Crippen LogP contribution is 2.39. The number of nitrogens with zero attached hydrogens (tertiary/aromatic N) is 3. The molecule has 1 aliphatic heterocycles. The minimum atomic E-state index is -0.772. The van der Waals surface area contributed by atoms with E-state index in [0.717, 1.165) is 12.1 Å². The van der Waals surface area contributed by atoms with Gasteiger partial charge in [0.15, 0.2) is 0 Å². The summed E-state index contributed by atoms with van der Waals surface area (Å²) in [5.74, 6) is -1.66. The normalized spacial score (nSPS) is 14.0. The van der Waals surface area contributed by atoms with E-state index < -0.39 is 11.6 Å². The number of likely N-dealkylation sites (tertiary alicyclic amines) is 1. The zero-order valence-electron chi connectivity index (χ0n) is 18.6. The number of benzene rings is 2. The van der Waals surface area contributed by atoms with Crippen LogP contribution in [0.5, 0.6) is 0 Å². The van der Waals surface area contributed by atoms with Crippen molar-refractivity contribution in [3.8, 4) is 5.69 Å². The Hall–Kier alpha value is -3.56. The first-order chi connectivity index (χ1) is 16.3. The fourth-order valence-corrected chi connectivity index (χ4v) is 5.23. The summed E-state index contributed by atoms with van der Waals surface area (Å²) in [6, 6.07) is 15.7. The van der Waals surface area contributed by atoms with Crippen molar-refractivity contribution in [1.29, 1.82) is 0 Å². The zero-order valence-corrected chi connectivity index (χ0v) is 19.4.